The van der Waals surface area contributed by atoms with Crippen molar-refractivity contribution in [3.05, 3.63) is 35.4 Å². The maximum Gasteiger partial charge on any atom is 0.338 e. The Morgan fingerprint density at radius 1 is 1.10 bits per heavy atom. The average molecular weight is 431 g/mol. The Labute approximate surface area is 184 Å². The smallest absolute Gasteiger partial charge is 0.338 e. The molecule has 0 N–H and O–H groups in total. The molecule has 4 rings (SSSR count). The van der Waals surface area contributed by atoms with Crippen LogP contribution in [0.15, 0.2) is 24.3 Å². The molecule has 0 amide bonds. The van der Waals surface area contributed by atoms with Crippen LogP contribution in [0.1, 0.15) is 80.5 Å². The van der Waals surface area contributed by atoms with Crippen LogP contribution in [0.2, 0.25) is 0 Å². The quantitative estimate of drug-likeness (QED) is 0.422. The van der Waals surface area contributed by atoms with E-state index in [4.69, 9.17) is 18.9 Å². The Kier molecular flexibility index (Phi) is 6.14. The molecule has 6 heteroatoms. The zero-order valence-electron chi connectivity index (χ0n) is 19.0. The third-order valence-corrected chi connectivity index (χ3v) is 7.32. The predicted octanol–water partition coefficient (Wildman–Crippen LogP) is 4.55. The summed E-state index contributed by atoms with van der Waals surface area (Å²) < 4.78 is 22.2. The van der Waals surface area contributed by atoms with Crippen molar-refractivity contribution >= 4 is 11.9 Å². The van der Waals surface area contributed by atoms with E-state index < -0.39 is 0 Å². The summed E-state index contributed by atoms with van der Waals surface area (Å²) >= 11 is 0. The molecule has 6 nitrogen and oxygen atoms in total. The molecule has 1 saturated carbocycles. The van der Waals surface area contributed by atoms with Gasteiger partial charge in [0.2, 0.25) is 0 Å². The molecule has 31 heavy (non-hydrogen) atoms. The lowest BCUT2D eigenvalue weighted by Crippen LogP contribution is -2.25. The molecule has 6 atom stereocenters. The lowest BCUT2D eigenvalue weighted by atomic mass is 9.83. The number of epoxide rings is 2. The number of hydrogen-bond donors (Lipinski definition) is 0. The average Bonchev–Trinajstić information content (AvgIpc) is 3.62. The molecule has 0 aromatic heterocycles. The Morgan fingerprint density at radius 2 is 1.71 bits per heavy atom. The van der Waals surface area contributed by atoms with Crippen molar-refractivity contribution in [3.63, 3.8) is 0 Å². The molecule has 2 saturated heterocycles. The second-order valence-corrected chi connectivity index (χ2v) is 10.1. The first-order valence-corrected chi connectivity index (χ1v) is 11.5. The standard InChI is InChI=1S/C25H34O6/c1-16(9-11-24(3)17(2)30-24)14-28-22(26)19-5-7-20(8-6-19)23(27)29-15-18-10-12-25(4)21(13-18)31-25/h5-8,16-18,21H,9-15H2,1-4H3. The first kappa shape index (κ1) is 22.3. The van der Waals surface area contributed by atoms with Gasteiger partial charge in [-0.05, 0) is 89.0 Å². The largest absolute Gasteiger partial charge is 0.462 e. The molecule has 1 aromatic carbocycles. The SMILES string of the molecule is CC(CCC1(C)OC1C)COC(=O)c1ccc(C(=O)OCC2CCC3(C)OC3C2)cc1. The molecule has 3 fully saturated rings. The predicted molar refractivity (Wildman–Crippen MR) is 115 cm³/mol. The highest BCUT2D eigenvalue weighted by Gasteiger charge is 2.55. The lowest BCUT2D eigenvalue weighted by molar-refractivity contribution is 0.0406. The molecule has 2 heterocycles. The van der Waals surface area contributed by atoms with Gasteiger partial charge >= 0.3 is 11.9 Å². The minimum Gasteiger partial charge on any atom is -0.462 e. The van der Waals surface area contributed by atoms with E-state index in [0.717, 1.165) is 32.1 Å². The third kappa shape index (κ3) is 5.29. The minimum absolute atomic E-state index is 0.00798. The molecular formula is C25H34O6. The van der Waals surface area contributed by atoms with Crippen LogP contribution < -0.4 is 0 Å². The van der Waals surface area contributed by atoms with E-state index in [1.165, 1.54) is 0 Å². The van der Waals surface area contributed by atoms with Crippen LogP contribution in [-0.2, 0) is 18.9 Å². The summed E-state index contributed by atoms with van der Waals surface area (Å²) in [6.07, 6.45) is 5.57. The van der Waals surface area contributed by atoms with Gasteiger partial charge in [-0.1, -0.05) is 6.92 Å². The zero-order valence-corrected chi connectivity index (χ0v) is 19.0. The van der Waals surface area contributed by atoms with Crippen LogP contribution in [-0.4, -0.2) is 48.6 Å². The Balaban J connectivity index is 1.17. The monoisotopic (exact) mass is 430 g/mol. The molecule has 2 aliphatic heterocycles. The summed E-state index contributed by atoms with van der Waals surface area (Å²) in [5.74, 6) is -0.101. The highest BCUT2D eigenvalue weighted by molar-refractivity contribution is 5.93. The second kappa shape index (κ2) is 8.55. The molecule has 0 spiro atoms. The summed E-state index contributed by atoms with van der Waals surface area (Å²) in [5, 5.41) is 0. The number of benzene rings is 1. The van der Waals surface area contributed by atoms with Crippen LogP contribution in [0.4, 0.5) is 0 Å². The fourth-order valence-electron chi connectivity index (χ4n) is 4.44. The normalized spacial score (nSPS) is 34.4. The van der Waals surface area contributed by atoms with Gasteiger partial charge in [0, 0.05) is 0 Å². The lowest BCUT2D eigenvalue weighted by Gasteiger charge is -2.21. The molecule has 1 aromatic rings. The van der Waals surface area contributed by atoms with Crippen molar-refractivity contribution in [2.75, 3.05) is 13.2 Å². The Hall–Kier alpha value is -1.92. The molecule has 0 radical (unpaired) electrons. The maximum atomic E-state index is 12.3. The summed E-state index contributed by atoms with van der Waals surface area (Å²) in [4.78, 5) is 24.7. The van der Waals surface area contributed by atoms with Crippen LogP contribution in [0.5, 0.6) is 0 Å². The van der Waals surface area contributed by atoms with Gasteiger partial charge in [-0.3, -0.25) is 0 Å². The van der Waals surface area contributed by atoms with E-state index in [2.05, 4.69) is 27.7 Å². The van der Waals surface area contributed by atoms with Crippen molar-refractivity contribution < 1.29 is 28.5 Å². The van der Waals surface area contributed by atoms with E-state index in [1.807, 2.05) is 0 Å². The van der Waals surface area contributed by atoms with Crippen molar-refractivity contribution in [2.24, 2.45) is 11.8 Å². The molecule has 6 unspecified atom stereocenters. The molecule has 1 aliphatic carbocycles. The number of esters is 2. The highest BCUT2D eigenvalue weighted by atomic mass is 16.6. The highest BCUT2D eigenvalue weighted by Crippen LogP contribution is 2.49. The summed E-state index contributed by atoms with van der Waals surface area (Å²) in [6, 6.07) is 6.48. The van der Waals surface area contributed by atoms with Crippen LogP contribution in [0, 0.1) is 11.8 Å². The van der Waals surface area contributed by atoms with Crippen LogP contribution in [0.25, 0.3) is 0 Å². The molecule has 170 valence electrons. The number of carbonyl (C=O) groups excluding carboxylic acids is 2. The first-order chi connectivity index (χ1) is 14.7. The van der Waals surface area contributed by atoms with E-state index in [0.29, 0.717) is 42.5 Å². The van der Waals surface area contributed by atoms with E-state index in [1.54, 1.807) is 24.3 Å². The van der Waals surface area contributed by atoms with Crippen molar-refractivity contribution in [2.45, 2.75) is 83.2 Å². The molecule has 0 bridgehead atoms. The van der Waals surface area contributed by atoms with Crippen LogP contribution >= 0.6 is 0 Å². The second-order valence-electron chi connectivity index (χ2n) is 10.1. The zero-order chi connectivity index (χ0) is 22.2. The summed E-state index contributed by atoms with van der Waals surface area (Å²) in [7, 11) is 0. The Bertz CT molecular complexity index is 820. The van der Waals surface area contributed by atoms with Gasteiger partial charge in [0.05, 0.1) is 47.8 Å². The molecular weight excluding hydrogens is 396 g/mol. The van der Waals surface area contributed by atoms with E-state index >= 15 is 0 Å². The van der Waals surface area contributed by atoms with Crippen molar-refractivity contribution in [3.8, 4) is 0 Å². The Morgan fingerprint density at radius 3 is 2.29 bits per heavy atom. The summed E-state index contributed by atoms with van der Waals surface area (Å²) in [5.41, 5.74) is 0.948. The fraction of sp³-hybridized carbons (Fsp3) is 0.680. The number of carbonyl (C=O) groups is 2. The van der Waals surface area contributed by atoms with Crippen molar-refractivity contribution in [1.29, 1.82) is 0 Å². The van der Waals surface area contributed by atoms with Gasteiger partial charge in [0.1, 0.15) is 0 Å². The van der Waals surface area contributed by atoms with Crippen molar-refractivity contribution in [1.82, 2.24) is 0 Å². The maximum absolute atomic E-state index is 12.3. The van der Waals surface area contributed by atoms with Gasteiger partial charge in [-0.2, -0.15) is 0 Å². The number of fused-ring (bicyclic) bond motifs is 1. The van der Waals surface area contributed by atoms with Gasteiger partial charge < -0.3 is 18.9 Å². The van der Waals surface area contributed by atoms with E-state index in [9.17, 15) is 9.59 Å². The third-order valence-electron chi connectivity index (χ3n) is 7.32. The fourth-order valence-corrected chi connectivity index (χ4v) is 4.44. The van der Waals surface area contributed by atoms with Gasteiger partial charge in [-0.25, -0.2) is 9.59 Å². The molecule has 3 aliphatic rings. The number of hydrogen-bond acceptors (Lipinski definition) is 6. The van der Waals surface area contributed by atoms with Gasteiger partial charge in [-0.15, -0.1) is 0 Å². The van der Waals surface area contributed by atoms with Gasteiger partial charge in [0.15, 0.2) is 0 Å². The number of rotatable bonds is 9. The summed E-state index contributed by atoms with van der Waals surface area (Å²) in [6.45, 7) is 9.21. The van der Waals surface area contributed by atoms with Gasteiger partial charge in [0.25, 0.3) is 0 Å². The van der Waals surface area contributed by atoms with E-state index in [-0.39, 0.29) is 29.1 Å². The first-order valence-electron chi connectivity index (χ1n) is 11.5. The topological polar surface area (TPSA) is 77.7 Å². The number of ether oxygens (including phenoxy) is 4. The minimum atomic E-state index is -0.372. The van der Waals surface area contributed by atoms with Crippen LogP contribution in [0.3, 0.4) is 0 Å².